The minimum atomic E-state index is -0.998. The smallest absolute Gasteiger partial charge is 0.141 e. The lowest BCUT2D eigenvalue weighted by Crippen LogP contribution is -2.01. The molecular formula is C9H7F3N2. The van der Waals surface area contributed by atoms with Crippen molar-refractivity contribution < 1.29 is 13.2 Å². The van der Waals surface area contributed by atoms with Crippen LogP contribution in [-0.2, 0) is 20.0 Å². The van der Waals surface area contributed by atoms with Crippen molar-refractivity contribution in [3.8, 4) is 6.07 Å². The van der Waals surface area contributed by atoms with Gasteiger partial charge in [0.15, 0.2) is 0 Å². The Labute approximate surface area is 79.0 Å². The zero-order valence-corrected chi connectivity index (χ0v) is 7.23. The minimum absolute atomic E-state index is 0.00769. The van der Waals surface area contributed by atoms with Crippen LogP contribution in [0.3, 0.4) is 0 Å². The molecule has 74 valence electrons. The van der Waals surface area contributed by atoms with E-state index in [1.54, 1.807) is 6.07 Å². The lowest BCUT2D eigenvalue weighted by Gasteiger charge is -2.06. The van der Waals surface area contributed by atoms with Crippen LogP contribution in [0.25, 0.3) is 0 Å². The first kappa shape index (κ1) is 10.5. The van der Waals surface area contributed by atoms with Crippen molar-refractivity contribution in [2.45, 2.75) is 20.0 Å². The zero-order valence-electron chi connectivity index (χ0n) is 7.23. The molecule has 0 atom stereocenters. The van der Waals surface area contributed by atoms with Crippen molar-refractivity contribution in [1.29, 1.82) is 5.26 Å². The van der Waals surface area contributed by atoms with Gasteiger partial charge >= 0.3 is 0 Å². The summed E-state index contributed by atoms with van der Waals surface area (Å²) in [5, 5.41) is 8.49. The molecule has 1 aromatic heterocycles. The quantitative estimate of drug-likeness (QED) is 0.750. The number of aromatic nitrogens is 1. The van der Waals surface area contributed by atoms with E-state index in [9.17, 15) is 13.2 Å². The highest BCUT2D eigenvalue weighted by Crippen LogP contribution is 2.18. The first-order valence-electron chi connectivity index (χ1n) is 3.86. The lowest BCUT2D eigenvalue weighted by atomic mass is 10.1. The molecule has 0 radical (unpaired) electrons. The molecule has 0 N–H and O–H groups in total. The summed E-state index contributed by atoms with van der Waals surface area (Å²) in [6, 6.07) is 2.79. The average molecular weight is 200 g/mol. The van der Waals surface area contributed by atoms with Gasteiger partial charge < -0.3 is 0 Å². The first-order valence-corrected chi connectivity index (χ1v) is 3.86. The van der Waals surface area contributed by atoms with Crippen LogP contribution >= 0.6 is 0 Å². The molecule has 1 heterocycles. The van der Waals surface area contributed by atoms with E-state index in [0.717, 1.165) is 6.07 Å². The van der Waals surface area contributed by atoms with Crippen LogP contribution in [0.4, 0.5) is 13.2 Å². The van der Waals surface area contributed by atoms with E-state index in [4.69, 9.17) is 5.26 Å². The van der Waals surface area contributed by atoms with E-state index < -0.39 is 20.0 Å². The number of rotatable bonds is 3. The summed E-state index contributed by atoms with van der Waals surface area (Å²) in [5.74, 6) is 0. The minimum Gasteiger partial charge on any atom is -0.246 e. The van der Waals surface area contributed by atoms with Gasteiger partial charge in [-0.3, -0.25) is 0 Å². The van der Waals surface area contributed by atoms with Gasteiger partial charge in [0.05, 0.1) is 5.69 Å². The summed E-state index contributed by atoms with van der Waals surface area (Å²) < 4.78 is 37.1. The molecule has 0 amide bonds. The molecular weight excluding hydrogens is 193 g/mol. The summed E-state index contributed by atoms with van der Waals surface area (Å²) in [4.78, 5) is 3.55. The van der Waals surface area contributed by atoms with E-state index in [1.165, 1.54) is 0 Å². The molecule has 0 saturated heterocycles. The van der Waals surface area contributed by atoms with Gasteiger partial charge in [-0.1, -0.05) is 0 Å². The van der Waals surface area contributed by atoms with Gasteiger partial charge in [-0.2, -0.15) is 5.26 Å². The third-order valence-corrected chi connectivity index (χ3v) is 1.82. The standard InChI is InChI=1S/C9H7F3N2/c10-2-6-1-7(5-13)14-9(4-12)8(6)3-11/h1H,2-4H2. The highest BCUT2D eigenvalue weighted by molar-refractivity contribution is 5.36. The Morgan fingerprint density at radius 1 is 1.21 bits per heavy atom. The van der Waals surface area contributed by atoms with Crippen molar-refractivity contribution in [3.63, 3.8) is 0 Å². The van der Waals surface area contributed by atoms with E-state index in [-0.39, 0.29) is 22.5 Å². The summed E-state index contributed by atoms with van der Waals surface area (Å²) >= 11 is 0. The molecule has 0 aromatic carbocycles. The summed E-state index contributed by atoms with van der Waals surface area (Å²) in [5.41, 5.74) is -0.387. The average Bonchev–Trinajstić information content (AvgIpc) is 2.26. The molecule has 0 spiro atoms. The van der Waals surface area contributed by atoms with Crippen LogP contribution in [0, 0.1) is 11.3 Å². The predicted molar refractivity (Wildman–Crippen MR) is 43.4 cm³/mol. The lowest BCUT2D eigenvalue weighted by molar-refractivity contribution is 0.430. The molecule has 1 rings (SSSR count). The van der Waals surface area contributed by atoms with Gasteiger partial charge in [0, 0.05) is 5.56 Å². The van der Waals surface area contributed by atoms with Crippen molar-refractivity contribution in [2.24, 2.45) is 0 Å². The maximum atomic E-state index is 12.4. The fourth-order valence-corrected chi connectivity index (χ4v) is 1.13. The molecule has 0 saturated carbocycles. The van der Waals surface area contributed by atoms with Crippen LogP contribution in [0.1, 0.15) is 22.5 Å². The molecule has 5 heteroatoms. The van der Waals surface area contributed by atoms with Crippen LogP contribution in [0.5, 0.6) is 0 Å². The number of hydrogen-bond donors (Lipinski definition) is 0. The topological polar surface area (TPSA) is 36.7 Å². The van der Waals surface area contributed by atoms with Gasteiger partial charge in [-0.25, -0.2) is 18.2 Å². The molecule has 0 bridgehead atoms. The first-order chi connectivity index (χ1) is 6.76. The van der Waals surface area contributed by atoms with Crippen molar-refractivity contribution >= 4 is 0 Å². The molecule has 0 aliphatic heterocycles. The maximum absolute atomic E-state index is 12.4. The number of pyridine rings is 1. The highest BCUT2D eigenvalue weighted by atomic mass is 19.1. The largest absolute Gasteiger partial charge is 0.246 e. The molecule has 0 aliphatic carbocycles. The normalized spacial score (nSPS) is 9.86. The fraction of sp³-hybridized carbons (Fsp3) is 0.333. The molecule has 14 heavy (non-hydrogen) atoms. The van der Waals surface area contributed by atoms with Crippen LogP contribution < -0.4 is 0 Å². The zero-order chi connectivity index (χ0) is 10.6. The molecule has 0 fully saturated rings. The molecule has 2 nitrogen and oxygen atoms in total. The van der Waals surface area contributed by atoms with E-state index in [0.29, 0.717) is 0 Å². The number of halogens is 3. The summed E-state index contributed by atoms with van der Waals surface area (Å²) in [6.07, 6.45) is 0. The van der Waals surface area contributed by atoms with Gasteiger partial charge in [0.25, 0.3) is 0 Å². The predicted octanol–water partition coefficient (Wildman–Crippen LogP) is 2.36. The van der Waals surface area contributed by atoms with Crippen LogP contribution in [-0.4, -0.2) is 4.98 Å². The second-order valence-corrected chi connectivity index (χ2v) is 2.60. The van der Waals surface area contributed by atoms with E-state index in [2.05, 4.69) is 4.98 Å². The van der Waals surface area contributed by atoms with Gasteiger partial charge in [-0.05, 0) is 11.6 Å². The van der Waals surface area contributed by atoms with Crippen LogP contribution in [0.2, 0.25) is 0 Å². The maximum Gasteiger partial charge on any atom is 0.141 e. The molecule has 0 unspecified atom stereocenters. The SMILES string of the molecule is N#Cc1cc(CF)c(CF)c(CF)n1. The Bertz CT molecular complexity index is 346. The monoisotopic (exact) mass is 200 g/mol. The Kier molecular flexibility index (Phi) is 3.46. The Morgan fingerprint density at radius 2 is 1.93 bits per heavy atom. The second-order valence-electron chi connectivity index (χ2n) is 2.60. The summed E-state index contributed by atoms with van der Waals surface area (Å²) in [7, 11) is 0. The molecule has 0 aliphatic rings. The van der Waals surface area contributed by atoms with Crippen molar-refractivity contribution in [2.75, 3.05) is 0 Å². The van der Waals surface area contributed by atoms with Gasteiger partial charge in [0.2, 0.25) is 0 Å². The van der Waals surface area contributed by atoms with Crippen molar-refractivity contribution in [3.05, 3.63) is 28.6 Å². The molecule has 1 aromatic rings. The number of hydrogen-bond acceptors (Lipinski definition) is 2. The Morgan fingerprint density at radius 3 is 2.36 bits per heavy atom. The fourth-order valence-electron chi connectivity index (χ4n) is 1.13. The van der Waals surface area contributed by atoms with E-state index >= 15 is 0 Å². The van der Waals surface area contributed by atoms with Crippen molar-refractivity contribution in [1.82, 2.24) is 4.98 Å². The number of nitrogens with zero attached hydrogens (tertiary/aromatic N) is 2. The van der Waals surface area contributed by atoms with E-state index in [1.807, 2.05) is 0 Å². The number of alkyl halides is 3. The summed E-state index contributed by atoms with van der Waals surface area (Å²) in [6.45, 7) is -2.90. The Hall–Kier alpha value is -1.57. The highest BCUT2D eigenvalue weighted by Gasteiger charge is 2.12. The van der Waals surface area contributed by atoms with Gasteiger partial charge in [0.1, 0.15) is 31.8 Å². The Balaban J connectivity index is 3.33. The van der Waals surface area contributed by atoms with Gasteiger partial charge in [-0.15, -0.1) is 0 Å². The number of nitriles is 1. The van der Waals surface area contributed by atoms with Crippen LogP contribution in [0.15, 0.2) is 6.07 Å². The third-order valence-electron chi connectivity index (χ3n) is 1.82. The third kappa shape index (κ3) is 1.84. The second kappa shape index (κ2) is 4.61.